The highest BCUT2D eigenvalue weighted by atomic mass is 19.1. The van der Waals surface area contributed by atoms with Gasteiger partial charge < -0.3 is 10.2 Å². The normalized spacial score (nSPS) is 10.9. The van der Waals surface area contributed by atoms with Gasteiger partial charge >= 0.3 is 0 Å². The fraction of sp³-hybridized carbons (Fsp3) is 0.353. The predicted molar refractivity (Wildman–Crippen MR) is 85.2 cm³/mol. The molecule has 0 saturated heterocycles. The first-order valence-corrected chi connectivity index (χ1v) is 7.22. The van der Waals surface area contributed by atoms with Crippen molar-refractivity contribution in [1.82, 2.24) is 10.3 Å². The summed E-state index contributed by atoms with van der Waals surface area (Å²) in [5, 5.41) is 3.43. The van der Waals surface area contributed by atoms with Crippen molar-refractivity contribution in [1.29, 1.82) is 0 Å². The van der Waals surface area contributed by atoms with Crippen molar-refractivity contribution in [2.45, 2.75) is 20.4 Å². The monoisotopic (exact) mass is 287 g/mol. The topological polar surface area (TPSA) is 28.2 Å². The highest BCUT2D eigenvalue weighted by Crippen LogP contribution is 2.24. The molecule has 0 spiro atoms. The Morgan fingerprint density at radius 3 is 2.57 bits per heavy atom. The van der Waals surface area contributed by atoms with Gasteiger partial charge in [0.15, 0.2) is 0 Å². The quantitative estimate of drug-likeness (QED) is 0.877. The summed E-state index contributed by atoms with van der Waals surface area (Å²) in [7, 11) is 1.95. The summed E-state index contributed by atoms with van der Waals surface area (Å²) in [6, 6.07) is 10.5. The summed E-state index contributed by atoms with van der Waals surface area (Å²) in [4.78, 5) is 6.45. The first kappa shape index (κ1) is 15.4. The third kappa shape index (κ3) is 4.26. The standard InChI is InChI=1S/C17H22FN3/c1-13(2)11-19-12-14-5-4-10-20-17(14)21(3)16-8-6-15(18)7-9-16/h4-10,13,19H,11-12H2,1-3H3. The van der Waals surface area contributed by atoms with E-state index in [-0.39, 0.29) is 5.82 Å². The number of hydrogen-bond donors (Lipinski definition) is 1. The van der Waals surface area contributed by atoms with Crippen LogP contribution in [0.25, 0.3) is 0 Å². The van der Waals surface area contributed by atoms with Crippen LogP contribution in [0, 0.1) is 11.7 Å². The van der Waals surface area contributed by atoms with E-state index < -0.39 is 0 Å². The van der Waals surface area contributed by atoms with Gasteiger partial charge in [-0.15, -0.1) is 0 Å². The molecule has 2 rings (SSSR count). The van der Waals surface area contributed by atoms with E-state index in [4.69, 9.17) is 0 Å². The molecule has 4 heteroatoms. The van der Waals surface area contributed by atoms with Gasteiger partial charge in [0.05, 0.1) is 0 Å². The lowest BCUT2D eigenvalue weighted by Crippen LogP contribution is -2.21. The van der Waals surface area contributed by atoms with E-state index in [9.17, 15) is 4.39 Å². The molecule has 0 aliphatic heterocycles. The Kier molecular flexibility index (Phi) is 5.28. The molecule has 0 aliphatic rings. The van der Waals surface area contributed by atoms with Crippen LogP contribution >= 0.6 is 0 Å². The van der Waals surface area contributed by atoms with Crippen molar-refractivity contribution in [2.24, 2.45) is 5.92 Å². The SMILES string of the molecule is CC(C)CNCc1cccnc1N(C)c1ccc(F)cc1. The molecule has 21 heavy (non-hydrogen) atoms. The zero-order valence-corrected chi connectivity index (χ0v) is 12.8. The van der Waals surface area contributed by atoms with Crippen molar-refractivity contribution in [3.63, 3.8) is 0 Å². The molecular formula is C17H22FN3. The van der Waals surface area contributed by atoms with Gasteiger partial charge in [-0.25, -0.2) is 9.37 Å². The summed E-state index contributed by atoms with van der Waals surface area (Å²) in [5.74, 6) is 1.27. The number of pyridine rings is 1. The summed E-state index contributed by atoms with van der Waals surface area (Å²) < 4.78 is 13.0. The second kappa shape index (κ2) is 7.18. The molecule has 0 fully saturated rings. The number of hydrogen-bond acceptors (Lipinski definition) is 3. The van der Waals surface area contributed by atoms with Crippen LogP contribution < -0.4 is 10.2 Å². The van der Waals surface area contributed by atoms with Crippen LogP contribution in [0.1, 0.15) is 19.4 Å². The third-order valence-electron chi connectivity index (χ3n) is 3.27. The minimum Gasteiger partial charge on any atom is -0.329 e. The first-order chi connectivity index (χ1) is 10.1. The molecule has 2 aromatic rings. The molecule has 0 unspecified atom stereocenters. The van der Waals surface area contributed by atoms with Crippen LogP contribution in [0.5, 0.6) is 0 Å². The molecule has 3 nitrogen and oxygen atoms in total. The first-order valence-electron chi connectivity index (χ1n) is 7.22. The van der Waals surface area contributed by atoms with Gasteiger partial charge in [0.2, 0.25) is 0 Å². The van der Waals surface area contributed by atoms with Crippen LogP contribution in [0.3, 0.4) is 0 Å². The second-order valence-electron chi connectivity index (χ2n) is 5.55. The summed E-state index contributed by atoms with van der Waals surface area (Å²) in [6.45, 7) is 6.10. The van der Waals surface area contributed by atoms with Gasteiger partial charge in [0, 0.05) is 31.0 Å². The molecule has 0 bridgehead atoms. The number of rotatable bonds is 6. The van der Waals surface area contributed by atoms with Crippen molar-refractivity contribution in [2.75, 3.05) is 18.5 Å². The van der Waals surface area contributed by atoms with Crippen LogP contribution in [0.2, 0.25) is 0 Å². The Balaban J connectivity index is 2.16. The molecule has 1 heterocycles. The number of nitrogens with one attached hydrogen (secondary N) is 1. The van der Waals surface area contributed by atoms with Gasteiger partial charge in [-0.05, 0) is 42.8 Å². The average Bonchev–Trinajstić information content (AvgIpc) is 2.47. The molecule has 1 N–H and O–H groups in total. The third-order valence-corrected chi connectivity index (χ3v) is 3.27. The number of benzene rings is 1. The molecular weight excluding hydrogens is 265 g/mol. The zero-order chi connectivity index (χ0) is 15.2. The van der Waals surface area contributed by atoms with Gasteiger partial charge in [0.1, 0.15) is 11.6 Å². The maximum absolute atomic E-state index is 13.0. The molecule has 1 aromatic carbocycles. The molecule has 1 aromatic heterocycles. The van der Waals surface area contributed by atoms with Gasteiger partial charge in [-0.2, -0.15) is 0 Å². The minimum atomic E-state index is -0.230. The second-order valence-corrected chi connectivity index (χ2v) is 5.55. The highest BCUT2D eigenvalue weighted by molar-refractivity contribution is 5.61. The lowest BCUT2D eigenvalue weighted by Gasteiger charge is -2.21. The summed E-state index contributed by atoms with van der Waals surface area (Å²) >= 11 is 0. The van der Waals surface area contributed by atoms with Crippen LogP contribution in [0.4, 0.5) is 15.9 Å². The van der Waals surface area contributed by atoms with E-state index in [0.717, 1.165) is 30.2 Å². The van der Waals surface area contributed by atoms with Crippen molar-refractivity contribution in [3.8, 4) is 0 Å². The van der Waals surface area contributed by atoms with E-state index in [2.05, 4.69) is 30.2 Å². The lowest BCUT2D eigenvalue weighted by molar-refractivity contribution is 0.552. The van der Waals surface area contributed by atoms with E-state index in [1.54, 1.807) is 18.3 Å². The van der Waals surface area contributed by atoms with Crippen molar-refractivity contribution >= 4 is 11.5 Å². The summed E-state index contributed by atoms with van der Waals surface area (Å²) in [5.41, 5.74) is 2.05. The Hall–Kier alpha value is -1.94. The lowest BCUT2D eigenvalue weighted by atomic mass is 10.2. The fourth-order valence-electron chi connectivity index (χ4n) is 2.15. The maximum atomic E-state index is 13.0. The molecule has 0 radical (unpaired) electrons. The zero-order valence-electron chi connectivity index (χ0n) is 12.8. The Labute approximate surface area is 125 Å². The van der Waals surface area contributed by atoms with E-state index in [1.807, 2.05) is 18.0 Å². The van der Waals surface area contributed by atoms with Crippen molar-refractivity contribution < 1.29 is 4.39 Å². The van der Waals surface area contributed by atoms with Crippen LogP contribution in [-0.2, 0) is 6.54 Å². The van der Waals surface area contributed by atoms with Crippen LogP contribution in [-0.4, -0.2) is 18.6 Å². The van der Waals surface area contributed by atoms with Gasteiger partial charge in [-0.3, -0.25) is 0 Å². The summed E-state index contributed by atoms with van der Waals surface area (Å²) in [6.07, 6.45) is 1.78. The Bertz CT molecular complexity index is 567. The Morgan fingerprint density at radius 2 is 1.90 bits per heavy atom. The minimum absolute atomic E-state index is 0.230. The van der Waals surface area contributed by atoms with E-state index in [1.165, 1.54) is 12.1 Å². The highest BCUT2D eigenvalue weighted by Gasteiger charge is 2.10. The fourth-order valence-corrected chi connectivity index (χ4v) is 2.15. The number of aromatic nitrogens is 1. The molecule has 0 amide bonds. The molecule has 0 aliphatic carbocycles. The number of nitrogens with zero attached hydrogens (tertiary/aromatic N) is 2. The van der Waals surface area contributed by atoms with Crippen molar-refractivity contribution in [3.05, 3.63) is 54.0 Å². The Morgan fingerprint density at radius 1 is 1.19 bits per heavy atom. The smallest absolute Gasteiger partial charge is 0.137 e. The molecule has 112 valence electrons. The maximum Gasteiger partial charge on any atom is 0.137 e. The molecule has 0 atom stereocenters. The van der Waals surface area contributed by atoms with Gasteiger partial charge in [0.25, 0.3) is 0 Å². The number of halogens is 1. The van der Waals surface area contributed by atoms with Crippen LogP contribution in [0.15, 0.2) is 42.6 Å². The molecule has 0 saturated carbocycles. The van der Waals surface area contributed by atoms with E-state index >= 15 is 0 Å². The number of anilines is 2. The van der Waals surface area contributed by atoms with Gasteiger partial charge in [-0.1, -0.05) is 19.9 Å². The largest absolute Gasteiger partial charge is 0.329 e. The van der Waals surface area contributed by atoms with E-state index in [0.29, 0.717) is 5.92 Å². The average molecular weight is 287 g/mol. The predicted octanol–water partition coefficient (Wildman–Crippen LogP) is 3.73.